The fraction of sp³-hybridized carbons (Fsp3) is 0.500. The molecule has 0 aromatic heterocycles. The average molecular weight is 285 g/mol. The van der Waals surface area contributed by atoms with E-state index in [1.165, 1.54) is 18.2 Å². The summed E-state index contributed by atoms with van der Waals surface area (Å²) in [6.45, 7) is 3.66. The summed E-state index contributed by atoms with van der Waals surface area (Å²) in [6, 6.07) is 4.23. The van der Waals surface area contributed by atoms with Crippen molar-refractivity contribution in [2.75, 3.05) is 18.4 Å². The second kappa shape index (κ2) is 5.88. The minimum absolute atomic E-state index is 0.0186. The highest BCUT2D eigenvalue weighted by Gasteiger charge is 2.37. The molecule has 1 aliphatic heterocycles. The summed E-state index contributed by atoms with van der Waals surface area (Å²) < 4.78 is 13.1. The molecule has 0 radical (unpaired) electrons. The number of carbonyl (C=O) groups excluding carboxylic acids is 1. The highest BCUT2D eigenvalue weighted by molar-refractivity contribution is 6.31. The molecule has 0 bridgehead atoms. The molecule has 0 saturated carbocycles. The molecule has 0 spiro atoms. The van der Waals surface area contributed by atoms with Gasteiger partial charge in [0.15, 0.2) is 0 Å². The maximum atomic E-state index is 13.1. The van der Waals surface area contributed by atoms with E-state index < -0.39 is 5.82 Å². The number of hydrogen-bond acceptors (Lipinski definition) is 2. The van der Waals surface area contributed by atoms with Crippen molar-refractivity contribution >= 4 is 23.2 Å². The zero-order valence-electron chi connectivity index (χ0n) is 10.9. The molecule has 1 saturated heterocycles. The average Bonchev–Trinajstić information content (AvgIpc) is 2.43. The maximum Gasteiger partial charge on any atom is 0.231 e. The molecule has 3 nitrogen and oxygen atoms in total. The molecule has 2 rings (SSSR count). The van der Waals surface area contributed by atoms with Crippen LogP contribution in [0.5, 0.6) is 0 Å². The fourth-order valence-electron chi connectivity index (χ4n) is 2.46. The van der Waals surface area contributed by atoms with E-state index >= 15 is 0 Å². The second-order valence-electron chi connectivity index (χ2n) is 5.00. The Labute approximate surface area is 117 Å². The second-order valence-corrected chi connectivity index (χ2v) is 5.40. The molecule has 1 amide bonds. The molecule has 1 aromatic carbocycles. The van der Waals surface area contributed by atoms with Gasteiger partial charge >= 0.3 is 0 Å². The van der Waals surface area contributed by atoms with Crippen LogP contribution < -0.4 is 10.6 Å². The SMILES string of the molecule is CCC1(C(=O)Nc2ccc(F)c(Cl)c2)CCCNC1. The summed E-state index contributed by atoms with van der Waals surface area (Å²) in [6.07, 6.45) is 2.64. The van der Waals surface area contributed by atoms with Gasteiger partial charge in [0.1, 0.15) is 5.82 Å². The van der Waals surface area contributed by atoms with Crippen LogP contribution in [0.1, 0.15) is 26.2 Å². The Morgan fingerprint density at radius 3 is 2.95 bits per heavy atom. The Balaban J connectivity index is 2.12. The van der Waals surface area contributed by atoms with Gasteiger partial charge in [-0.25, -0.2) is 4.39 Å². The standard InChI is InChI=1S/C14H18ClFN2O/c1-2-14(6-3-7-17-9-14)13(19)18-10-4-5-12(16)11(15)8-10/h4-5,8,17H,2-3,6-7,9H2,1H3,(H,18,19). The van der Waals surface area contributed by atoms with Crippen molar-refractivity contribution in [1.29, 1.82) is 0 Å². The monoisotopic (exact) mass is 284 g/mol. The summed E-state index contributed by atoms with van der Waals surface area (Å²) >= 11 is 5.71. The summed E-state index contributed by atoms with van der Waals surface area (Å²) in [5.74, 6) is -0.505. The van der Waals surface area contributed by atoms with E-state index in [0.29, 0.717) is 12.2 Å². The first-order chi connectivity index (χ1) is 9.07. The molecule has 104 valence electrons. The first kappa shape index (κ1) is 14.3. The van der Waals surface area contributed by atoms with Crippen molar-refractivity contribution in [2.45, 2.75) is 26.2 Å². The Bertz CT molecular complexity index is 473. The highest BCUT2D eigenvalue weighted by Crippen LogP contribution is 2.32. The largest absolute Gasteiger partial charge is 0.326 e. The van der Waals surface area contributed by atoms with Gasteiger partial charge in [-0.05, 0) is 44.0 Å². The first-order valence-corrected chi connectivity index (χ1v) is 6.92. The van der Waals surface area contributed by atoms with Crippen molar-refractivity contribution in [1.82, 2.24) is 5.32 Å². The van der Waals surface area contributed by atoms with Gasteiger partial charge in [0.25, 0.3) is 0 Å². The quantitative estimate of drug-likeness (QED) is 0.895. The lowest BCUT2D eigenvalue weighted by Gasteiger charge is -2.35. The molecule has 1 aliphatic rings. The van der Waals surface area contributed by atoms with Gasteiger partial charge in [0, 0.05) is 12.2 Å². The smallest absolute Gasteiger partial charge is 0.231 e. The van der Waals surface area contributed by atoms with E-state index in [4.69, 9.17) is 11.6 Å². The predicted molar refractivity (Wildman–Crippen MR) is 74.9 cm³/mol. The van der Waals surface area contributed by atoms with E-state index in [-0.39, 0.29) is 16.3 Å². The van der Waals surface area contributed by atoms with Crippen LogP contribution in [0.15, 0.2) is 18.2 Å². The van der Waals surface area contributed by atoms with Crippen molar-refractivity contribution in [3.05, 3.63) is 29.0 Å². The number of anilines is 1. The minimum Gasteiger partial charge on any atom is -0.326 e. The summed E-state index contributed by atoms with van der Waals surface area (Å²) in [5, 5.41) is 6.13. The van der Waals surface area contributed by atoms with Crippen LogP contribution in [0.25, 0.3) is 0 Å². The number of nitrogens with one attached hydrogen (secondary N) is 2. The van der Waals surface area contributed by atoms with Gasteiger partial charge in [0.05, 0.1) is 10.4 Å². The molecule has 2 N–H and O–H groups in total. The summed E-state index contributed by atoms with van der Waals surface area (Å²) in [5.41, 5.74) is 0.161. The lowest BCUT2D eigenvalue weighted by atomic mass is 9.77. The third kappa shape index (κ3) is 3.07. The van der Waals surface area contributed by atoms with Gasteiger partial charge < -0.3 is 10.6 Å². The summed E-state index contributed by atoms with van der Waals surface area (Å²) in [4.78, 5) is 12.4. The first-order valence-electron chi connectivity index (χ1n) is 6.54. The number of carbonyl (C=O) groups is 1. The highest BCUT2D eigenvalue weighted by atomic mass is 35.5. The van der Waals surface area contributed by atoms with Gasteiger partial charge in [-0.3, -0.25) is 4.79 Å². The lowest BCUT2D eigenvalue weighted by Crippen LogP contribution is -2.47. The van der Waals surface area contributed by atoms with E-state index in [2.05, 4.69) is 10.6 Å². The molecular weight excluding hydrogens is 267 g/mol. The Kier molecular flexibility index (Phi) is 4.42. The molecule has 1 unspecified atom stereocenters. The number of piperidine rings is 1. The molecular formula is C14H18ClFN2O. The zero-order valence-corrected chi connectivity index (χ0v) is 11.7. The Morgan fingerprint density at radius 1 is 1.58 bits per heavy atom. The molecule has 1 aromatic rings. The predicted octanol–water partition coefficient (Wildman–Crippen LogP) is 3.20. The van der Waals surface area contributed by atoms with Crippen LogP contribution in [0.2, 0.25) is 5.02 Å². The fourth-order valence-corrected chi connectivity index (χ4v) is 2.64. The van der Waals surface area contributed by atoms with Crippen molar-refractivity contribution in [3.63, 3.8) is 0 Å². The van der Waals surface area contributed by atoms with E-state index in [0.717, 1.165) is 25.8 Å². The van der Waals surface area contributed by atoms with Crippen LogP contribution in [-0.2, 0) is 4.79 Å². The number of amides is 1. The molecule has 19 heavy (non-hydrogen) atoms. The molecule has 1 atom stereocenters. The number of halogens is 2. The van der Waals surface area contributed by atoms with Gasteiger partial charge in [-0.2, -0.15) is 0 Å². The number of benzene rings is 1. The number of hydrogen-bond donors (Lipinski definition) is 2. The van der Waals surface area contributed by atoms with Crippen LogP contribution >= 0.6 is 11.6 Å². The van der Waals surface area contributed by atoms with E-state index in [1.807, 2.05) is 6.92 Å². The van der Waals surface area contributed by atoms with Crippen LogP contribution in [0.3, 0.4) is 0 Å². The van der Waals surface area contributed by atoms with Crippen LogP contribution in [0.4, 0.5) is 10.1 Å². The van der Waals surface area contributed by atoms with E-state index in [1.54, 1.807) is 0 Å². The third-order valence-electron chi connectivity index (χ3n) is 3.81. The van der Waals surface area contributed by atoms with Crippen LogP contribution in [0, 0.1) is 11.2 Å². The van der Waals surface area contributed by atoms with E-state index in [9.17, 15) is 9.18 Å². The van der Waals surface area contributed by atoms with Crippen molar-refractivity contribution < 1.29 is 9.18 Å². The molecule has 1 heterocycles. The van der Waals surface area contributed by atoms with Gasteiger partial charge in [-0.15, -0.1) is 0 Å². The molecule has 1 fully saturated rings. The Hall–Kier alpha value is -1.13. The topological polar surface area (TPSA) is 41.1 Å². The lowest BCUT2D eigenvalue weighted by molar-refractivity contribution is -0.126. The maximum absolute atomic E-state index is 13.1. The molecule has 5 heteroatoms. The van der Waals surface area contributed by atoms with Gasteiger partial charge in [0.2, 0.25) is 5.91 Å². The Morgan fingerprint density at radius 2 is 2.37 bits per heavy atom. The summed E-state index contributed by atoms with van der Waals surface area (Å²) in [7, 11) is 0. The minimum atomic E-state index is -0.482. The van der Waals surface area contributed by atoms with Crippen molar-refractivity contribution in [2.24, 2.45) is 5.41 Å². The van der Waals surface area contributed by atoms with Crippen LogP contribution in [-0.4, -0.2) is 19.0 Å². The zero-order chi connectivity index (χ0) is 13.9. The third-order valence-corrected chi connectivity index (χ3v) is 4.10. The van der Waals surface area contributed by atoms with Gasteiger partial charge in [-0.1, -0.05) is 18.5 Å². The normalized spacial score (nSPS) is 23.1. The molecule has 0 aliphatic carbocycles. The number of rotatable bonds is 3. The van der Waals surface area contributed by atoms with Crippen molar-refractivity contribution in [3.8, 4) is 0 Å².